The third-order valence-corrected chi connectivity index (χ3v) is 13.0. The minimum absolute atomic E-state index is 0.125. The molecule has 2 aliphatic carbocycles. The zero-order chi connectivity index (χ0) is 32.9. The molecule has 0 bridgehead atoms. The zero-order valence-corrected chi connectivity index (χ0v) is 29.0. The Morgan fingerprint density at radius 2 is 1.64 bits per heavy atom. The fourth-order valence-corrected chi connectivity index (χ4v) is 9.80. The van der Waals surface area contributed by atoms with E-state index in [1.54, 1.807) is 4.90 Å². The van der Waals surface area contributed by atoms with Gasteiger partial charge in [-0.15, -0.1) is 11.8 Å². The largest absolute Gasteiger partial charge is 0.339 e. The summed E-state index contributed by atoms with van der Waals surface area (Å²) in [4.78, 5) is 56.0. The average molecular weight is 674 g/mol. The van der Waals surface area contributed by atoms with Gasteiger partial charge in [-0.25, -0.2) is 0 Å². The Hall–Kier alpha value is -3.10. The van der Waals surface area contributed by atoms with E-state index in [1.807, 2.05) is 36.0 Å². The number of imide groups is 1. The molecule has 3 aliphatic heterocycles. The highest BCUT2D eigenvalue weighted by molar-refractivity contribution is 8.00. The topological polar surface area (TPSA) is 86.8 Å². The number of hydrogen-bond donors (Lipinski definition) is 1. The molecule has 5 aliphatic rings. The van der Waals surface area contributed by atoms with E-state index in [4.69, 9.17) is 11.6 Å². The third kappa shape index (κ3) is 6.65. The lowest BCUT2D eigenvalue weighted by Gasteiger charge is -2.46. The molecule has 47 heavy (non-hydrogen) atoms. The molecule has 1 N–H and O–H groups in total. The van der Waals surface area contributed by atoms with Gasteiger partial charge >= 0.3 is 0 Å². The first-order valence-corrected chi connectivity index (χ1v) is 18.5. The van der Waals surface area contributed by atoms with Crippen LogP contribution in [0.2, 0.25) is 5.02 Å². The second-order valence-electron chi connectivity index (χ2n) is 15.1. The lowest BCUT2D eigenvalue weighted by molar-refractivity contribution is -0.137. The molecule has 7 nitrogen and oxygen atoms in total. The summed E-state index contributed by atoms with van der Waals surface area (Å²) >= 11 is 8.09. The minimum Gasteiger partial charge on any atom is -0.339 e. The first kappa shape index (κ1) is 32.4. The van der Waals surface area contributed by atoms with Gasteiger partial charge in [-0.05, 0) is 122 Å². The van der Waals surface area contributed by atoms with Gasteiger partial charge in [-0.2, -0.15) is 0 Å². The Morgan fingerprint density at radius 1 is 0.915 bits per heavy atom. The number of piperidine rings is 2. The van der Waals surface area contributed by atoms with E-state index >= 15 is 0 Å². The summed E-state index contributed by atoms with van der Waals surface area (Å²) in [5.41, 5.74) is 5.44. The standard InChI is InChI=1S/C38H44ClN3O4S/c1-37(2)14-13-30(31(22-37)24-3-5-26(39)6-4-24)35(45)41-19-17-38(18-20-41)15-11-27(12-16-38)47-28-7-8-29-25(21-28)23-42(36(29)46)32-9-10-33(43)40-34(32)44/h3-8,21,27,32H,9-20,22-23H2,1-2H3,(H,40,43,44). The van der Waals surface area contributed by atoms with Crippen LogP contribution < -0.4 is 5.32 Å². The molecule has 1 spiro atoms. The average Bonchev–Trinajstić information content (AvgIpc) is 3.37. The Morgan fingerprint density at radius 3 is 2.34 bits per heavy atom. The van der Waals surface area contributed by atoms with E-state index in [2.05, 4.69) is 42.3 Å². The molecule has 4 amide bonds. The SMILES string of the molecule is CC1(C)CCC(C(=O)N2CCC3(CCC(Sc4ccc5c(c4)CN(C4CCC(=O)NC4=O)C5=O)CC3)CC2)=C(c2ccc(Cl)cc2)C1. The van der Waals surface area contributed by atoms with Crippen LogP contribution in [0.5, 0.6) is 0 Å². The summed E-state index contributed by atoms with van der Waals surface area (Å²) in [6, 6.07) is 13.5. The molecule has 0 aromatic heterocycles. The van der Waals surface area contributed by atoms with Gasteiger partial charge in [0.25, 0.3) is 5.91 Å². The molecule has 9 heteroatoms. The highest BCUT2D eigenvalue weighted by atomic mass is 35.5. The number of allylic oxidation sites excluding steroid dienone is 1. The van der Waals surface area contributed by atoms with Crippen LogP contribution >= 0.6 is 23.4 Å². The van der Waals surface area contributed by atoms with Crippen LogP contribution in [0.1, 0.15) is 106 Å². The summed E-state index contributed by atoms with van der Waals surface area (Å²) in [6.07, 6.45) is 10.2. The molecule has 3 fully saturated rings. The van der Waals surface area contributed by atoms with Crippen LogP contribution in [0.4, 0.5) is 0 Å². The smallest absolute Gasteiger partial charge is 0.255 e. The van der Waals surface area contributed by atoms with Gasteiger partial charge < -0.3 is 9.80 Å². The first-order chi connectivity index (χ1) is 22.5. The van der Waals surface area contributed by atoms with E-state index in [-0.39, 0.29) is 35.5 Å². The van der Waals surface area contributed by atoms with Crippen molar-refractivity contribution in [3.8, 4) is 0 Å². The molecule has 3 heterocycles. The van der Waals surface area contributed by atoms with Gasteiger partial charge in [0, 0.05) is 52.4 Å². The number of nitrogens with one attached hydrogen (secondary N) is 1. The predicted octanol–water partition coefficient (Wildman–Crippen LogP) is 7.41. The fraction of sp³-hybridized carbons (Fsp3) is 0.526. The molecule has 7 rings (SSSR count). The van der Waals surface area contributed by atoms with Crippen LogP contribution in [-0.2, 0) is 20.9 Å². The van der Waals surface area contributed by atoms with E-state index in [0.29, 0.717) is 34.2 Å². The highest BCUT2D eigenvalue weighted by Gasteiger charge is 2.42. The number of likely N-dealkylation sites (tertiary alicyclic amines) is 1. The van der Waals surface area contributed by atoms with Gasteiger partial charge in [0.05, 0.1) is 0 Å². The Balaban J connectivity index is 0.944. The minimum atomic E-state index is -0.586. The van der Waals surface area contributed by atoms with Gasteiger partial charge in [-0.3, -0.25) is 24.5 Å². The van der Waals surface area contributed by atoms with Crippen LogP contribution in [0.15, 0.2) is 52.9 Å². The number of halogens is 1. The van der Waals surface area contributed by atoms with Crippen molar-refractivity contribution in [1.82, 2.24) is 15.1 Å². The maximum atomic E-state index is 14.0. The van der Waals surface area contributed by atoms with Crippen molar-refractivity contribution in [3.05, 3.63) is 69.8 Å². The number of benzene rings is 2. The van der Waals surface area contributed by atoms with Crippen molar-refractivity contribution in [2.24, 2.45) is 10.8 Å². The van der Waals surface area contributed by atoms with Gasteiger partial charge in [0.2, 0.25) is 17.7 Å². The summed E-state index contributed by atoms with van der Waals surface area (Å²) in [5.74, 6) is -0.537. The van der Waals surface area contributed by atoms with E-state index in [9.17, 15) is 19.2 Å². The van der Waals surface area contributed by atoms with Crippen molar-refractivity contribution in [1.29, 1.82) is 0 Å². The van der Waals surface area contributed by atoms with Crippen LogP contribution in [0.3, 0.4) is 0 Å². The molecule has 2 aromatic carbocycles. The van der Waals surface area contributed by atoms with E-state index in [0.717, 1.165) is 74.7 Å². The summed E-state index contributed by atoms with van der Waals surface area (Å²) in [5, 5.41) is 3.62. The number of carbonyl (C=O) groups excluding carboxylic acids is 4. The molecule has 2 saturated heterocycles. The van der Waals surface area contributed by atoms with E-state index in [1.165, 1.54) is 23.3 Å². The Bertz CT molecular complexity index is 1630. The van der Waals surface area contributed by atoms with Crippen LogP contribution in [-0.4, -0.2) is 57.8 Å². The van der Waals surface area contributed by atoms with Gasteiger partial charge in [-0.1, -0.05) is 37.6 Å². The molecule has 2 aromatic rings. The lowest BCUT2D eigenvalue weighted by Crippen LogP contribution is -2.52. The van der Waals surface area contributed by atoms with Crippen molar-refractivity contribution in [3.63, 3.8) is 0 Å². The normalized spacial score (nSPS) is 24.5. The first-order valence-electron chi connectivity index (χ1n) is 17.2. The highest BCUT2D eigenvalue weighted by Crippen LogP contribution is 2.49. The van der Waals surface area contributed by atoms with Crippen LogP contribution in [0, 0.1) is 10.8 Å². The van der Waals surface area contributed by atoms with Crippen molar-refractivity contribution in [2.45, 2.75) is 107 Å². The molecular formula is C38H44ClN3O4S. The van der Waals surface area contributed by atoms with Gasteiger partial charge in [0.15, 0.2) is 0 Å². The summed E-state index contributed by atoms with van der Waals surface area (Å²) in [7, 11) is 0. The Labute approximate surface area is 286 Å². The predicted molar refractivity (Wildman–Crippen MR) is 185 cm³/mol. The number of rotatable bonds is 5. The Kier molecular flexibility index (Phi) is 8.79. The number of fused-ring (bicyclic) bond motifs is 1. The van der Waals surface area contributed by atoms with E-state index < -0.39 is 6.04 Å². The van der Waals surface area contributed by atoms with Crippen LogP contribution in [0.25, 0.3) is 5.57 Å². The lowest BCUT2D eigenvalue weighted by atomic mass is 9.67. The van der Waals surface area contributed by atoms with Crippen molar-refractivity contribution >= 4 is 52.6 Å². The quantitative estimate of drug-likeness (QED) is 0.334. The maximum Gasteiger partial charge on any atom is 0.255 e. The summed E-state index contributed by atoms with van der Waals surface area (Å²) < 4.78 is 0. The number of hydrogen-bond acceptors (Lipinski definition) is 5. The maximum absolute atomic E-state index is 14.0. The zero-order valence-electron chi connectivity index (χ0n) is 27.4. The van der Waals surface area contributed by atoms with Gasteiger partial charge in [0.1, 0.15) is 6.04 Å². The number of amides is 4. The molecule has 248 valence electrons. The molecular weight excluding hydrogens is 630 g/mol. The third-order valence-electron chi connectivity index (χ3n) is 11.4. The van der Waals surface area contributed by atoms with Crippen molar-refractivity contribution in [2.75, 3.05) is 13.1 Å². The molecule has 0 radical (unpaired) electrons. The second kappa shape index (κ2) is 12.7. The number of carbonyl (C=O) groups is 4. The fourth-order valence-electron chi connectivity index (χ4n) is 8.46. The summed E-state index contributed by atoms with van der Waals surface area (Å²) in [6.45, 7) is 6.67. The molecule has 1 atom stereocenters. The van der Waals surface area contributed by atoms with Crippen molar-refractivity contribution < 1.29 is 19.2 Å². The number of thioether (sulfide) groups is 1. The second-order valence-corrected chi connectivity index (χ2v) is 16.9. The molecule has 1 unspecified atom stereocenters. The molecule has 1 saturated carbocycles. The number of nitrogens with zero attached hydrogens (tertiary/aromatic N) is 2. The monoisotopic (exact) mass is 673 g/mol.